The fourth-order valence-corrected chi connectivity index (χ4v) is 7.86. The zero-order valence-electron chi connectivity index (χ0n) is 14.8. The Morgan fingerprint density at radius 1 is 0.846 bits per heavy atom. The molecule has 0 spiro atoms. The van der Waals surface area contributed by atoms with Crippen molar-refractivity contribution in [3.05, 3.63) is 65.7 Å². The highest BCUT2D eigenvalue weighted by Crippen LogP contribution is 2.74. The van der Waals surface area contributed by atoms with Gasteiger partial charge in [-0.2, -0.15) is 0 Å². The fourth-order valence-electron chi connectivity index (χ4n) is 7.86. The average Bonchev–Trinajstić information content (AvgIpc) is 3.37. The van der Waals surface area contributed by atoms with Crippen LogP contribution in [0.25, 0.3) is 0 Å². The van der Waals surface area contributed by atoms with Gasteiger partial charge in [-0.3, -0.25) is 0 Å². The van der Waals surface area contributed by atoms with E-state index in [1.165, 1.54) is 24.0 Å². The molecule has 26 heavy (non-hydrogen) atoms. The van der Waals surface area contributed by atoms with Gasteiger partial charge in [-0.25, -0.2) is 0 Å². The molecule has 2 aromatic carbocycles. The van der Waals surface area contributed by atoms with Gasteiger partial charge in [-0.1, -0.05) is 48.5 Å². The summed E-state index contributed by atoms with van der Waals surface area (Å²) in [6.07, 6.45) is 3.71. The Kier molecular flexibility index (Phi) is 2.70. The molecule has 1 unspecified atom stereocenters. The predicted octanol–water partition coefficient (Wildman–Crippen LogP) is 4.65. The molecule has 0 N–H and O–H groups in total. The maximum atomic E-state index is 6.70. The molecule has 2 heteroatoms. The molecule has 132 valence electrons. The molecule has 0 saturated heterocycles. The molecule has 5 aliphatic rings. The molecule has 1 heterocycles. The van der Waals surface area contributed by atoms with Crippen LogP contribution in [0.15, 0.2) is 54.6 Å². The Bertz CT molecular complexity index is 862. The molecule has 4 saturated carbocycles. The quantitative estimate of drug-likeness (QED) is 0.807. The lowest BCUT2D eigenvalue weighted by Crippen LogP contribution is -2.47. The van der Waals surface area contributed by atoms with Crippen molar-refractivity contribution < 1.29 is 9.47 Å². The molecule has 0 aromatic heterocycles. The minimum Gasteiger partial charge on any atom is -0.489 e. The van der Waals surface area contributed by atoms with Crippen LogP contribution in [0.1, 0.15) is 29.9 Å². The first-order chi connectivity index (χ1) is 12.9. The van der Waals surface area contributed by atoms with Crippen molar-refractivity contribution in [1.82, 2.24) is 0 Å². The molecule has 0 radical (unpaired) electrons. The molecule has 4 aliphatic carbocycles. The van der Waals surface area contributed by atoms with Gasteiger partial charge in [0, 0.05) is 17.4 Å². The highest BCUT2D eigenvalue weighted by atomic mass is 16.5. The number of rotatable bonds is 3. The van der Waals surface area contributed by atoms with Gasteiger partial charge in [0.05, 0.1) is 12.7 Å². The van der Waals surface area contributed by atoms with Crippen LogP contribution in [0.4, 0.5) is 0 Å². The Labute approximate surface area is 154 Å². The molecule has 9 atom stereocenters. The maximum absolute atomic E-state index is 6.70. The van der Waals surface area contributed by atoms with Gasteiger partial charge in [-0.15, -0.1) is 0 Å². The van der Waals surface area contributed by atoms with Crippen LogP contribution in [-0.4, -0.2) is 12.2 Å². The van der Waals surface area contributed by atoms with Crippen molar-refractivity contribution in [3.63, 3.8) is 0 Å². The first kappa shape index (κ1) is 14.3. The lowest BCUT2D eigenvalue weighted by atomic mass is 9.68. The summed E-state index contributed by atoms with van der Waals surface area (Å²) in [5.41, 5.74) is 2.77. The Balaban J connectivity index is 1.28. The topological polar surface area (TPSA) is 18.5 Å². The van der Waals surface area contributed by atoms with Gasteiger partial charge in [0.2, 0.25) is 0 Å². The first-order valence-electron chi connectivity index (χ1n) is 10.3. The van der Waals surface area contributed by atoms with Crippen molar-refractivity contribution in [2.45, 2.75) is 37.6 Å². The van der Waals surface area contributed by atoms with E-state index >= 15 is 0 Å². The molecule has 2 nitrogen and oxygen atoms in total. The third kappa shape index (κ3) is 1.63. The van der Waals surface area contributed by atoms with Crippen molar-refractivity contribution in [2.24, 2.45) is 35.5 Å². The second-order valence-corrected chi connectivity index (χ2v) is 9.20. The Hall–Kier alpha value is -1.80. The minimum absolute atomic E-state index is 0.418. The van der Waals surface area contributed by atoms with Crippen molar-refractivity contribution >= 4 is 0 Å². The normalized spacial score (nSPS) is 45.6. The van der Waals surface area contributed by atoms with E-state index in [0.29, 0.717) is 30.0 Å². The number of fused-ring (bicyclic) bond motifs is 9. The van der Waals surface area contributed by atoms with E-state index in [1.807, 2.05) is 0 Å². The van der Waals surface area contributed by atoms with Gasteiger partial charge in [0.25, 0.3) is 0 Å². The lowest BCUT2D eigenvalue weighted by Gasteiger charge is -2.42. The van der Waals surface area contributed by atoms with E-state index < -0.39 is 0 Å². The van der Waals surface area contributed by atoms with Crippen LogP contribution >= 0.6 is 0 Å². The lowest BCUT2D eigenvalue weighted by molar-refractivity contribution is -0.0843. The third-order valence-corrected chi connectivity index (χ3v) is 8.41. The molecular formula is C24H24O2. The van der Waals surface area contributed by atoms with Crippen LogP contribution in [0.5, 0.6) is 5.75 Å². The smallest absolute Gasteiger partial charge is 0.123 e. The van der Waals surface area contributed by atoms with Crippen molar-refractivity contribution in [1.29, 1.82) is 0 Å². The molecular weight excluding hydrogens is 320 g/mol. The van der Waals surface area contributed by atoms with Crippen LogP contribution in [0.3, 0.4) is 0 Å². The van der Waals surface area contributed by atoms with Crippen LogP contribution in [-0.2, 0) is 11.3 Å². The highest BCUT2D eigenvalue weighted by Gasteiger charge is 2.73. The summed E-state index contributed by atoms with van der Waals surface area (Å²) in [7, 11) is 0. The number of para-hydroxylation sites is 1. The van der Waals surface area contributed by atoms with E-state index in [-0.39, 0.29) is 0 Å². The molecule has 2 aromatic rings. The maximum Gasteiger partial charge on any atom is 0.123 e. The zero-order valence-corrected chi connectivity index (χ0v) is 14.8. The number of benzene rings is 2. The summed E-state index contributed by atoms with van der Waals surface area (Å²) in [4.78, 5) is 0. The number of hydrogen-bond acceptors (Lipinski definition) is 2. The monoisotopic (exact) mass is 344 g/mol. The Morgan fingerprint density at radius 3 is 2.50 bits per heavy atom. The summed E-state index contributed by atoms with van der Waals surface area (Å²) in [5.74, 6) is 6.48. The minimum atomic E-state index is 0.418. The predicted molar refractivity (Wildman–Crippen MR) is 98.8 cm³/mol. The molecule has 7 rings (SSSR count). The van der Waals surface area contributed by atoms with E-state index in [4.69, 9.17) is 9.47 Å². The highest BCUT2D eigenvalue weighted by molar-refractivity contribution is 5.45. The summed E-state index contributed by atoms with van der Waals surface area (Å²) in [6.45, 7) is 0.759. The Morgan fingerprint density at radius 2 is 1.62 bits per heavy atom. The SMILES string of the molecule is c1ccc(CO[C@@H]2[C@@H]3C4C[C@@H]5C[C@H]4[C@H]2[C@@H]5[C@H]2Oc4ccccc4[C@H]23)cc1. The number of hydrogen-bond donors (Lipinski definition) is 0. The second kappa shape index (κ2) is 4.92. The second-order valence-electron chi connectivity index (χ2n) is 9.20. The van der Waals surface area contributed by atoms with Gasteiger partial charge in [0.1, 0.15) is 11.9 Å². The van der Waals surface area contributed by atoms with Gasteiger partial charge in [-0.05, 0) is 54.1 Å². The largest absolute Gasteiger partial charge is 0.489 e. The fraction of sp³-hybridized carbons (Fsp3) is 0.500. The molecule has 0 amide bonds. The van der Waals surface area contributed by atoms with Crippen LogP contribution in [0, 0.1) is 35.5 Å². The third-order valence-electron chi connectivity index (χ3n) is 8.41. The summed E-state index contributed by atoms with van der Waals surface area (Å²) in [5, 5.41) is 0. The summed E-state index contributed by atoms with van der Waals surface area (Å²) in [6, 6.07) is 19.5. The summed E-state index contributed by atoms with van der Waals surface area (Å²) < 4.78 is 13.3. The van der Waals surface area contributed by atoms with Crippen LogP contribution < -0.4 is 4.74 Å². The first-order valence-corrected chi connectivity index (χ1v) is 10.3. The van der Waals surface area contributed by atoms with E-state index in [0.717, 1.165) is 36.0 Å². The van der Waals surface area contributed by atoms with E-state index in [9.17, 15) is 0 Å². The van der Waals surface area contributed by atoms with Crippen molar-refractivity contribution in [2.75, 3.05) is 0 Å². The summed E-state index contributed by atoms with van der Waals surface area (Å²) >= 11 is 0. The molecule has 4 fully saturated rings. The molecule has 1 aliphatic heterocycles. The van der Waals surface area contributed by atoms with E-state index in [2.05, 4.69) is 54.6 Å². The van der Waals surface area contributed by atoms with Crippen molar-refractivity contribution in [3.8, 4) is 5.75 Å². The average molecular weight is 344 g/mol. The zero-order chi connectivity index (χ0) is 16.8. The van der Waals surface area contributed by atoms with E-state index in [1.54, 1.807) is 0 Å². The van der Waals surface area contributed by atoms with Gasteiger partial charge >= 0.3 is 0 Å². The van der Waals surface area contributed by atoms with Crippen LogP contribution in [0.2, 0.25) is 0 Å². The standard InChI is InChI=1S/C24H24O2/c1-2-6-13(7-3-1)12-25-23-21-16-10-14-11-17(16)22(23)20-15-8-4-5-9-18(15)26-24(20)19(14)21/h1-9,14,16-17,19-24H,10-12H2/t14-,16+,17?,19+,20-,21-,22+,23-,24+/m0/s1. The van der Waals surface area contributed by atoms with Gasteiger partial charge in [0.15, 0.2) is 0 Å². The van der Waals surface area contributed by atoms with Gasteiger partial charge < -0.3 is 9.47 Å². The number of ether oxygens (including phenoxy) is 2. The molecule has 4 bridgehead atoms.